The molecule has 1 aliphatic carbocycles. The summed E-state index contributed by atoms with van der Waals surface area (Å²) in [6.45, 7) is 5.11. The molecule has 0 radical (unpaired) electrons. The Balaban J connectivity index is 1.98. The highest BCUT2D eigenvalue weighted by Crippen LogP contribution is 2.31. The first-order valence-electron chi connectivity index (χ1n) is 4.76. The molecule has 0 aromatic rings. The Morgan fingerprint density at radius 3 is 3.00 bits per heavy atom. The van der Waals surface area contributed by atoms with Gasteiger partial charge in [-0.3, -0.25) is 0 Å². The van der Waals surface area contributed by atoms with Gasteiger partial charge in [0.25, 0.3) is 0 Å². The third-order valence-corrected chi connectivity index (χ3v) is 3.07. The molecule has 0 bridgehead atoms. The lowest BCUT2D eigenvalue weighted by Crippen LogP contribution is -2.43. The lowest BCUT2D eigenvalue weighted by molar-refractivity contribution is 0.241. The molecule has 0 aromatic heterocycles. The molecule has 2 fully saturated rings. The van der Waals surface area contributed by atoms with Crippen molar-refractivity contribution in [3.05, 3.63) is 12.2 Å². The zero-order valence-corrected chi connectivity index (χ0v) is 7.10. The zero-order valence-electron chi connectivity index (χ0n) is 7.10. The van der Waals surface area contributed by atoms with Crippen LogP contribution >= 0.6 is 0 Å². The first kappa shape index (κ1) is 7.35. The minimum Gasteiger partial charge on any atom is -0.310 e. The van der Waals surface area contributed by atoms with Crippen molar-refractivity contribution in [1.29, 1.82) is 0 Å². The first-order chi connectivity index (χ1) is 5.36. The summed E-state index contributed by atoms with van der Waals surface area (Å²) in [7, 11) is 0. The van der Waals surface area contributed by atoms with Gasteiger partial charge in [-0.05, 0) is 25.2 Å². The summed E-state index contributed by atoms with van der Waals surface area (Å²) < 4.78 is 0. The number of rotatable bonds is 0. The molecular weight excluding hydrogens is 134 g/mol. The van der Waals surface area contributed by atoms with Gasteiger partial charge in [0.15, 0.2) is 0 Å². The van der Waals surface area contributed by atoms with E-state index >= 15 is 0 Å². The van der Waals surface area contributed by atoms with E-state index < -0.39 is 0 Å². The fourth-order valence-electron chi connectivity index (χ4n) is 2.44. The molecule has 2 rings (SSSR count). The average molecular weight is 151 g/mol. The number of nitrogens with one attached hydrogen (secondary N) is 1. The normalized spacial score (nSPS) is 38.4. The molecule has 2 unspecified atom stereocenters. The molecule has 62 valence electrons. The number of hydrogen-bond donors (Lipinski definition) is 1. The van der Waals surface area contributed by atoms with E-state index in [1.54, 1.807) is 0 Å². The van der Waals surface area contributed by atoms with E-state index in [4.69, 9.17) is 0 Å². The van der Waals surface area contributed by atoms with Crippen molar-refractivity contribution < 1.29 is 0 Å². The highest BCUT2D eigenvalue weighted by Gasteiger charge is 2.28. The van der Waals surface area contributed by atoms with E-state index in [1.807, 2.05) is 0 Å². The highest BCUT2D eigenvalue weighted by atomic mass is 14.9. The van der Waals surface area contributed by atoms with E-state index in [0.717, 1.165) is 18.5 Å². The minimum absolute atomic E-state index is 0.828. The van der Waals surface area contributed by atoms with Crippen LogP contribution in [0.1, 0.15) is 32.1 Å². The molecule has 1 heterocycles. The van der Waals surface area contributed by atoms with Crippen LogP contribution in [0.4, 0.5) is 0 Å². The van der Waals surface area contributed by atoms with Crippen LogP contribution in [-0.4, -0.2) is 12.6 Å². The van der Waals surface area contributed by atoms with Gasteiger partial charge in [-0.2, -0.15) is 0 Å². The molecule has 2 atom stereocenters. The van der Waals surface area contributed by atoms with Crippen molar-refractivity contribution in [3.63, 3.8) is 0 Å². The van der Waals surface area contributed by atoms with Gasteiger partial charge in [0.1, 0.15) is 0 Å². The molecule has 11 heavy (non-hydrogen) atoms. The summed E-state index contributed by atoms with van der Waals surface area (Å²) in [6.07, 6.45) is 6.99. The predicted molar refractivity (Wildman–Crippen MR) is 47.5 cm³/mol. The van der Waals surface area contributed by atoms with Gasteiger partial charge >= 0.3 is 0 Å². The number of piperidine rings is 1. The summed E-state index contributed by atoms with van der Waals surface area (Å²) in [6, 6.07) is 0.828. The van der Waals surface area contributed by atoms with Crippen LogP contribution in [0, 0.1) is 5.92 Å². The molecule has 1 aliphatic heterocycles. The Morgan fingerprint density at radius 1 is 1.27 bits per heavy atom. The summed E-state index contributed by atoms with van der Waals surface area (Å²) in [5.41, 5.74) is 1.41. The van der Waals surface area contributed by atoms with Crippen molar-refractivity contribution in [3.8, 4) is 0 Å². The van der Waals surface area contributed by atoms with E-state index in [2.05, 4.69) is 11.9 Å². The Kier molecular flexibility index (Phi) is 1.99. The zero-order chi connectivity index (χ0) is 7.68. The fraction of sp³-hybridized carbons (Fsp3) is 0.800. The van der Waals surface area contributed by atoms with Crippen molar-refractivity contribution in [2.45, 2.75) is 38.1 Å². The van der Waals surface area contributed by atoms with Crippen LogP contribution in [0.15, 0.2) is 12.2 Å². The third kappa shape index (κ3) is 1.48. The van der Waals surface area contributed by atoms with Crippen LogP contribution in [0.3, 0.4) is 0 Å². The lowest BCUT2D eigenvalue weighted by atomic mass is 9.78. The van der Waals surface area contributed by atoms with Crippen LogP contribution < -0.4 is 5.32 Å². The van der Waals surface area contributed by atoms with Gasteiger partial charge in [0.2, 0.25) is 0 Å². The standard InChI is InChI=1S/C10H17N/c1-8-6-9-4-2-3-5-10(9)11-7-8/h9-11H,1-7H2. The van der Waals surface area contributed by atoms with Crippen LogP contribution in [0.5, 0.6) is 0 Å². The predicted octanol–water partition coefficient (Wildman–Crippen LogP) is 2.09. The van der Waals surface area contributed by atoms with Crippen molar-refractivity contribution in [2.75, 3.05) is 6.54 Å². The van der Waals surface area contributed by atoms with Crippen LogP contribution in [0.25, 0.3) is 0 Å². The van der Waals surface area contributed by atoms with Crippen LogP contribution in [0.2, 0.25) is 0 Å². The Hall–Kier alpha value is -0.300. The molecule has 0 aromatic carbocycles. The third-order valence-electron chi connectivity index (χ3n) is 3.07. The summed E-state index contributed by atoms with van der Waals surface area (Å²) in [5.74, 6) is 0.921. The quantitative estimate of drug-likeness (QED) is 0.523. The van der Waals surface area contributed by atoms with Gasteiger partial charge in [0, 0.05) is 12.6 Å². The molecule has 1 saturated heterocycles. The number of fused-ring (bicyclic) bond motifs is 1. The van der Waals surface area contributed by atoms with Gasteiger partial charge in [-0.15, -0.1) is 0 Å². The SMILES string of the molecule is C=C1CNC2CCCCC2C1. The maximum Gasteiger partial charge on any atom is 0.0164 e. The van der Waals surface area contributed by atoms with Gasteiger partial charge < -0.3 is 5.32 Å². The second-order valence-electron chi connectivity index (χ2n) is 3.99. The monoisotopic (exact) mass is 151 g/mol. The molecule has 1 heteroatoms. The van der Waals surface area contributed by atoms with E-state index in [-0.39, 0.29) is 0 Å². The van der Waals surface area contributed by atoms with Crippen molar-refractivity contribution >= 4 is 0 Å². The first-order valence-corrected chi connectivity index (χ1v) is 4.76. The van der Waals surface area contributed by atoms with Crippen LogP contribution in [-0.2, 0) is 0 Å². The lowest BCUT2D eigenvalue weighted by Gasteiger charge is -2.37. The smallest absolute Gasteiger partial charge is 0.0164 e. The topological polar surface area (TPSA) is 12.0 Å². The Labute approximate surface area is 68.9 Å². The molecule has 1 nitrogen and oxygen atoms in total. The molecule has 0 spiro atoms. The number of hydrogen-bond acceptors (Lipinski definition) is 1. The van der Waals surface area contributed by atoms with Gasteiger partial charge in [-0.25, -0.2) is 0 Å². The summed E-state index contributed by atoms with van der Waals surface area (Å²) in [4.78, 5) is 0. The second kappa shape index (κ2) is 2.98. The maximum absolute atomic E-state index is 4.04. The van der Waals surface area contributed by atoms with Crippen molar-refractivity contribution in [1.82, 2.24) is 5.32 Å². The highest BCUT2D eigenvalue weighted by molar-refractivity contribution is 5.05. The van der Waals surface area contributed by atoms with Gasteiger partial charge in [0.05, 0.1) is 0 Å². The summed E-state index contributed by atoms with van der Waals surface area (Å²) >= 11 is 0. The summed E-state index contributed by atoms with van der Waals surface area (Å²) in [5, 5.41) is 3.57. The Bertz CT molecular complexity index is 162. The molecule has 1 saturated carbocycles. The van der Waals surface area contributed by atoms with E-state index in [0.29, 0.717) is 0 Å². The molecule has 1 N–H and O–H groups in total. The maximum atomic E-state index is 4.04. The molecule has 2 aliphatic rings. The fourth-order valence-corrected chi connectivity index (χ4v) is 2.44. The largest absolute Gasteiger partial charge is 0.310 e. The molecule has 0 amide bonds. The van der Waals surface area contributed by atoms with Gasteiger partial charge in [-0.1, -0.05) is 25.0 Å². The molecular formula is C10H17N. The van der Waals surface area contributed by atoms with E-state index in [1.165, 1.54) is 37.7 Å². The van der Waals surface area contributed by atoms with E-state index in [9.17, 15) is 0 Å². The Morgan fingerprint density at radius 2 is 2.09 bits per heavy atom. The second-order valence-corrected chi connectivity index (χ2v) is 3.99. The average Bonchev–Trinajstić information content (AvgIpc) is 2.04. The van der Waals surface area contributed by atoms with Crippen molar-refractivity contribution in [2.24, 2.45) is 5.92 Å². The minimum atomic E-state index is 0.828.